The number of rotatable bonds is 5. The monoisotopic (exact) mass is 396 g/mol. The number of nitrogens with zero attached hydrogens (tertiary/aromatic N) is 1. The number of fused-ring (bicyclic) bond motifs is 1. The van der Waals surface area contributed by atoms with Crippen molar-refractivity contribution in [2.24, 2.45) is 0 Å². The number of hydrogen-bond donors (Lipinski definition) is 1. The minimum atomic E-state index is -0.882. The smallest absolute Gasteiger partial charge is 0.408 e. The van der Waals surface area contributed by atoms with Crippen molar-refractivity contribution in [3.05, 3.63) is 54.1 Å². The van der Waals surface area contributed by atoms with Gasteiger partial charge in [0.05, 0.1) is 7.11 Å². The van der Waals surface area contributed by atoms with Crippen molar-refractivity contribution in [3.63, 3.8) is 0 Å². The minimum absolute atomic E-state index is 0.232. The summed E-state index contributed by atoms with van der Waals surface area (Å²) in [7, 11) is 1.28. The van der Waals surface area contributed by atoms with E-state index in [1.807, 2.05) is 42.5 Å². The van der Waals surface area contributed by atoms with Crippen LogP contribution in [0.1, 0.15) is 26.3 Å². The molecule has 1 heterocycles. The van der Waals surface area contributed by atoms with E-state index in [0.717, 1.165) is 11.1 Å². The molecule has 7 nitrogen and oxygen atoms in total. The standard InChI is InChI=1S/C22H24N2O5/c1-22(2,3)29-21(26)24-17(20(25)27-4)13-14-10-11-18-16(12-14)23-19(28-18)15-8-6-5-7-9-15/h5-12,17H,13H2,1-4H3,(H,24,26)/t17-/m0/s1. The molecule has 1 atom stereocenters. The first-order valence-electron chi connectivity index (χ1n) is 9.27. The summed E-state index contributed by atoms with van der Waals surface area (Å²) >= 11 is 0. The zero-order valence-electron chi connectivity index (χ0n) is 16.9. The van der Waals surface area contributed by atoms with Gasteiger partial charge >= 0.3 is 12.1 Å². The van der Waals surface area contributed by atoms with E-state index >= 15 is 0 Å². The molecule has 0 aliphatic rings. The lowest BCUT2D eigenvalue weighted by Gasteiger charge is -2.22. The van der Waals surface area contributed by atoms with Crippen molar-refractivity contribution in [1.29, 1.82) is 0 Å². The van der Waals surface area contributed by atoms with E-state index in [2.05, 4.69) is 10.3 Å². The molecule has 7 heteroatoms. The molecule has 0 bridgehead atoms. The normalized spacial score (nSPS) is 12.4. The number of aromatic nitrogens is 1. The predicted octanol–water partition coefficient (Wildman–Crippen LogP) is 4.10. The van der Waals surface area contributed by atoms with Crippen LogP contribution in [0, 0.1) is 0 Å². The van der Waals surface area contributed by atoms with E-state index < -0.39 is 23.7 Å². The Morgan fingerprint density at radius 2 is 1.86 bits per heavy atom. The highest BCUT2D eigenvalue weighted by Gasteiger charge is 2.25. The number of esters is 1. The summed E-state index contributed by atoms with van der Waals surface area (Å²) in [6, 6.07) is 14.2. The summed E-state index contributed by atoms with van der Waals surface area (Å²) in [4.78, 5) is 28.8. The zero-order valence-corrected chi connectivity index (χ0v) is 16.9. The number of oxazole rings is 1. The van der Waals surface area contributed by atoms with Gasteiger partial charge in [-0.3, -0.25) is 0 Å². The molecule has 0 saturated carbocycles. The number of methoxy groups -OCH3 is 1. The van der Waals surface area contributed by atoms with Crippen LogP contribution in [0.25, 0.3) is 22.6 Å². The molecule has 3 rings (SSSR count). The van der Waals surface area contributed by atoms with E-state index in [1.165, 1.54) is 7.11 Å². The summed E-state index contributed by atoms with van der Waals surface area (Å²) in [6.45, 7) is 5.26. The Kier molecular flexibility index (Phi) is 5.87. The first-order valence-corrected chi connectivity index (χ1v) is 9.27. The van der Waals surface area contributed by atoms with Crippen molar-refractivity contribution < 1.29 is 23.5 Å². The molecule has 3 aromatic rings. The fourth-order valence-corrected chi connectivity index (χ4v) is 2.83. The highest BCUT2D eigenvalue weighted by molar-refractivity contribution is 5.82. The molecule has 1 amide bonds. The van der Waals surface area contributed by atoms with Gasteiger partial charge in [-0.2, -0.15) is 0 Å². The SMILES string of the molecule is COC(=O)[C@H](Cc1ccc2oc(-c3ccccc3)nc2c1)NC(=O)OC(C)(C)C. The molecule has 152 valence electrons. The minimum Gasteiger partial charge on any atom is -0.467 e. The third kappa shape index (κ3) is 5.34. The Bertz CT molecular complexity index is 1000. The molecule has 2 aromatic carbocycles. The van der Waals surface area contributed by atoms with Crippen LogP contribution in [0.5, 0.6) is 0 Å². The molecular weight excluding hydrogens is 372 g/mol. The first-order chi connectivity index (χ1) is 13.7. The second kappa shape index (κ2) is 8.34. The quantitative estimate of drug-likeness (QED) is 0.653. The molecule has 1 N–H and O–H groups in total. The third-order valence-corrected chi connectivity index (χ3v) is 4.09. The van der Waals surface area contributed by atoms with Gasteiger partial charge in [0, 0.05) is 12.0 Å². The van der Waals surface area contributed by atoms with E-state index in [-0.39, 0.29) is 6.42 Å². The molecule has 0 saturated heterocycles. The van der Waals surface area contributed by atoms with Gasteiger partial charge in [-0.15, -0.1) is 0 Å². The van der Waals surface area contributed by atoms with Crippen LogP contribution in [0.2, 0.25) is 0 Å². The molecule has 0 aliphatic heterocycles. The molecule has 0 aliphatic carbocycles. The Morgan fingerprint density at radius 3 is 2.52 bits per heavy atom. The van der Waals surface area contributed by atoms with Crippen molar-refractivity contribution >= 4 is 23.2 Å². The predicted molar refractivity (Wildman–Crippen MR) is 108 cm³/mol. The van der Waals surface area contributed by atoms with Crippen molar-refractivity contribution in [3.8, 4) is 11.5 Å². The fourth-order valence-electron chi connectivity index (χ4n) is 2.83. The van der Waals surface area contributed by atoms with Gasteiger partial charge in [0.1, 0.15) is 17.2 Å². The first kappa shape index (κ1) is 20.4. The average molecular weight is 396 g/mol. The molecular formula is C22H24N2O5. The van der Waals surface area contributed by atoms with Crippen molar-refractivity contribution in [2.45, 2.75) is 38.8 Å². The largest absolute Gasteiger partial charge is 0.467 e. The van der Waals surface area contributed by atoms with Gasteiger partial charge in [0.2, 0.25) is 5.89 Å². The highest BCUT2D eigenvalue weighted by Crippen LogP contribution is 2.25. The van der Waals surface area contributed by atoms with Crippen LogP contribution in [0.3, 0.4) is 0 Å². The van der Waals surface area contributed by atoms with Gasteiger partial charge < -0.3 is 19.2 Å². The Morgan fingerprint density at radius 1 is 1.14 bits per heavy atom. The second-order valence-corrected chi connectivity index (χ2v) is 7.61. The van der Waals surface area contributed by atoms with Crippen LogP contribution in [-0.4, -0.2) is 35.8 Å². The van der Waals surface area contributed by atoms with Gasteiger partial charge in [-0.05, 0) is 50.6 Å². The van der Waals surface area contributed by atoms with E-state index in [0.29, 0.717) is 17.0 Å². The highest BCUT2D eigenvalue weighted by atomic mass is 16.6. The lowest BCUT2D eigenvalue weighted by Crippen LogP contribution is -2.45. The number of ether oxygens (including phenoxy) is 2. The van der Waals surface area contributed by atoms with E-state index in [4.69, 9.17) is 13.9 Å². The molecule has 0 radical (unpaired) electrons. The molecule has 0 spiro atoms. The number of carbonyl (C=O) groups excluding carboxylic acids is 2. The lowest BCUT2D eigenvalue weighted by atomic mass is 10.1. The summed E-state index contributed by atoms with van der Waals surface area (Å²) < 4.78 is 15.9. The van der Waals surface area contributed by atoms with Gasteiger partial charge in [-0.1, -0.05) is 24.3 Å². The zero-order chi connectivity index (χ0) is 21.0. The molecule has 0 fully saturated rings. The lowest BCUT2D eigenvalue weighted by molar-refractivity contribution is -0.143. The maximum Gasteiger partial charge on any atom is 0.408 e. The van der Waals surface area contributed by atoms with Crippen LogP contribution in [0.4, 0.5) is 4.79 Å². The van der Waals surface area contributed by atoms with Crippen LogP contribution >= 0.6 is 0 Å². The summed E-state index contributed by atoms with van der Waals surface area (Å²) in [5.74, 6) is -0.0322. The maximum atomic E-state index is 12.1. The van der Waals surface area contributed by atoms with Gasteiger partial charge in [0.25, 0.3) is 0 Å². The molecule has 0 unspecified atom stereocenters. The second-order valence-electron chi connectivity index (χ2n) is 7.61. The van der Waals surface area contributed by atoms with Crippen molar-refractivity contribution in [1.82, 2.24) is 10.3 Å². The number of carbonyl (C=O) groups is 2. The van der Waals surface area contributed by atoms with Gasteiger partial charge in [-0.25, -0.2) is 14.6 Å². The van der Waals surface area contributed by atoms with Gasteiger partial charge in [0.15, 0.2) is 5.58 Å². The topological polar surface area (TPSA) is 90.7 Å². The number of amides is 1. The summed E-state index contributed by atoms with van der Waals surface area (Å²) in [5.41, 5.74) is 2.32. The molecule has 29 heavy (non-hydrogen) atoms. The average Bonchev–Trinajstić information content (AvgIpc) is 3.09. The van der Waals surface area contributed by atoms with Crippen LogP contribution in [-0.2, 0) is 20.7 Å². The number of alkyl carbamates (subject to hydrolysis) is 1. The van der Waals surface area contributed by atoms with Crippen molar-refractivity contribution in [2.75, 3.05) is 7.11 Å². The molecule has 1 aromatic heterocycles. The Balaban J connectivity index is 1.80. The fraction of sp³-hybridized carbons (Fsp3) is 0.318. The third-order valence-electron chi connectivity index (χ3n) is 4.09. The Labute approximate surface area is 169 Å². The number of nitrogens with one attached hydrogen (secondary N) is 1. The number of hydrogen-bond acceptors (Lipinski definition) is 6. The van der Waals surface area contributed by atoms with E-state index in [1.54, 1.807) is 26.8 Å². The van der Waals surface area contributed by atoms with Crippen LogP contribution in [0.15, 0.2) is 52.9 Å². The van der Waals surface area contributed by atoms with E-state index in [9.17, 15) is 9.59 Å². The maximum absolute atomic E-state index is 12.1. The summed E-state index contributed by atoms with van der Waals surface area (Å²) in [6.07, 6.45) is -0.447. The Hall–Kier alpha value is -3.35. The summed E-state index contributed by atoms with van der Waals surface area (Å²) in [5, 5.41) is 2.57. The van der Waals surface area contributed by atoms with Crippen LogP contribution < -0.4 is 5.32 Å². The number of benzene rings is 2.